The fourth-order valence-corrected chi connectivity index (χ4v) is 3.57. The lowest BCUT2D eigenvalue weighted by molar-refractivity contribution is 0.336. The van der Waals surface area contributed by atoms with Crippen LogP contribution in [-0.4, -0.2) is 37.7 Å². The van der Waals surface area contributed by atoms with Crippen LogP contribution in [0.15, 0.2) is 47.6 Å². The molecular formula is C23H34IN5O. The fraction of sp³-hybridized carbons (Fsp3) is 0.478. The third-order valence-corrected chi connectivity index (χ3v) is 5.14. The molecule has 0 aliphatic carbocycles. The zero-order chi connectivity index (χ0) is 20.3. The maximum Gasteiger partial charge on any atom is 0.191 e. The van der Waals surface area contributed by atoms with E-state index in [4.69, 9.17) is 4.74 Å². The van der Waals surface area contributed by atoms with E-state index in [9.17, 15) is 0 Å². The summed E-state index contributed by atoms with van der Waals surface area (Å²) in [6.07, 6.45) is 7.07. The molecule has 0 radical (unpaired) electrons. The molecule has 3 rings (SSSR count). The Hall–Kier alpha value is -2.03. The number of aliphatic imine (C=N–C) groups is 1. The van der Waals surface area contributed by atoms with Crippen molar-refractivity contribution in [2.75, 3.05) is 31.6 Å². The molecule has 2 N–H and O–H groups in total. The Bertz CT molecular complexity index is 791. The molecule has 0 spiro atoms. The number of hydrogen-bond donors (Lipinski definition) is 2. The van der Waals surface area contributed by atoms with Crippen LogP contribution in [0.2, 0.25) is 0 Å². The lowest BCUT2D eigenvalue weighted by Gasteiger charge is -2.22. The molecular weight excluding hydrogens is 489 g/mol. The standard InChI is InChI=1S/C23H33N5O.HI/c1-3-29-21-11-7-6-10-20(21)18-27-23(24-2)26-17-19-12-13-25-22(16-19)28-14-8-4-5-9-15-28;/h6-7,10-13,16H,3-5,8-9,14-15,17-18H2,1-2H3,(H2,24,26,27);1H. The molecule has 1 aromatic carbocycles. The highest BCUT2D eigenvalue weighted by Crippen LogP contribution is 2.19. The number of rotatable bonds is 7. The van der Waals surface area contributed by atoms with Crippen LogP contribution < -0.4 is 20.3 Å². The lowest BCUT2D eigenvalue weighted by atomic mass is 10.2. The van der Waals surface area contributed by atoms with Gasteiger partial charge in [-0.1, -0.05) is 31.0 Å². The smallest absolute Gasteiger partial charge is 0.191 e. The number of guanidine groups is 1. The van der Waals surface area contributed by atoms with Crippen LogP contribution in [0.25, 0.3) is 0 Å². The van der Waals surface area contributed by atoms with Crippen molar-refractivity contribution >= 4 is 35.8 Å². The summed E-state index contributed by atoms with van der Waals surface area (Å²) in [7, 11) is 1.79. The number of nitrogens with one attached hydrogen (secondary N) is 2. The van der Waals surface area contributed by atoms with Crippen molar-refractivity contribution < 1.29 is 4.74 Å². The van der Waals surface area contributed by atoms with Crippen molar-refractivity contribution in [2.24, 2.45) is 4.99 Å². The SMILES string of the molecule is CCOc1ccccc1CNC(=NC)NCc1ccnc(N2CCCCCC2)c1.I. The summed E-state index contributed by atoms with van der Waals surface area (Å²) < 4.78 is 5.70. The van der Waals surface area contributed by atoms with Crippen molar-refractivity contribution in [1.29, 1.82) is 0 Å². The average molecular weight is 523 g/mol. The Morgan fingerprint density at radius 2 is 1.80 bits per heavy atom. The number of halogens is 1. The molecule has 1 fully saturated rings. The van der Waals surface area contributed by atoms with Crippen molar-refractivity contribution in [3.63, 3.8) is 0 Å². The quantitative estimate of drug-likeness (QED) is 0.321. The summed E-state index contributed by atoms with van der Waals surface area (Å²) in [5, 5.41) is 6.78. The first kappa shape index (κ1) is 24.2. The van der Waals surface area contributed by atoms with Gasteiger partial charge in [0.15, 0.2) is 5.96 Å². The zero-order valence-electron chi connectivity index (χ0n) is 18.1. The Labute approximate surface area is 197 Å². The van der Waals surface area contributed by atoms with E-state index in [2.05, 4.69) is 43.7 Å². The van der Waals surface area contributed by atoms with Gasteiger partial charge in [0.25, 0.3) is 0 Å². The molecule has 1 aliphatic heterocycles. The molecule has 0 amide bonds. The molecule has 1 aromatic heterocycles. The highest BCUT2D eigenvalue weighted by atomic mass is 127. The van der Waals surface area contributed by atoms with Gasteiger partial charge in [-0.3, -0.25) is 4.99 Å². The van der Waals surface area contributed by atoms with E-state index in [-0.39, 0.29) is 24.0 Å². The van der Waals surface area contributed by atoms with E-state index >= 15 is 0 Å². The van der Waals surface area contributed by atoms with Crippen LogP contribution in [0.4, 0.5) is 5.82 Å². The zero-order valence-corrected chi connectivity index (χ0v) is 20.4. The number of hydrogen-bond acceptors (Lipinski definition) is 4. The van der Waals surface area contributed by atoms with Crippen LogP contribution in [0, 0.1) is 0 Å². The minimum absolute atomic E-state index is 0. The molecule has 0 unspecified atom stereocenters. The summed E-state index contributed by atoms with van der Waals surface area (Å²) in [6, 6.07) is 12.3. The van der Waals surface area contributed by atoms with E-state index < -0.39 is 0 Å². The molecule has 0 atom stereocenters. The first-order valence-corrected chi connectivity index (χ1v) is 10.6. The predicted octanol–water partition coefficient (Wildman–Crippen LogP) is 4.34. The van der Waals surface area contributed by atoms with Gasteiger partial charge in [0.1, 0.15) is 11.6 Å². The number of benzene rings is 1. The molecule has 7 heteroatoms. The Balaban J connectivity index is 0.00000320. The van der Waals surface area contributed by atoms with Gasteiger partial charge in [0.2, 0.25) is 0 Å². The second kappa shape index (κ2) is 13.3. The van der Waals surface area contributed by atoms with E-state index in [0.29, 0.717) is 19.7 Å². The summed E-state index contributed by atoms with van der Waals surface area (Å²) >= 11 is 0. The van der Waals surface area contributed by atoms with Crippen molar-refractivity contribution in [1.82, 2.24) is 15.6 Å². The first-order valence-electron chi connectivity index (χ1n) is 10.6. The topological polar surface area (TPSA) is 61.8 Å². The second-order valence-electron chi connectivity index (χ2n) is 7.24. The molecule has 0 saturated carbocycles. The molecule has 164 valence electrons. The fourth-order valence-electron chi connectivity index (χ4n) is 3.57. The molecule has 0 bridgehead atoms. The minimum atomic E-state index is 0. The summed E-state index contributed by atoms with van der Waals surface area (Å²) in [5.74, 6) is 2.76. The molecule has 2 heterocycles. The predicted molar refractivity (Wildman–Crippen MR) is 135 cm³/mol. The van der Waals surface area contributed by atoms with Gasteiger partial charge < -0.3 is 20.3 Å². The molecule has 6 nitrogen and oxygen atoms in total. The van der Waals surface area contributed by atoms with Gasteiger partial charge in [0, 0.05) is 45.0 Å². The number of anilines is 1. The Morgan fingerprint density at radius 3 is 2.53 bits per heavy atom. The number of aromatic nitrogens is 1. The third kappa shape index (κ3) is 7.34. The van der Waals surface area contributed by atoms with E-state index in [1.54, 1.807) is 7.05 Å². The van der Waals surface area contributed by atoms with Crippen molar-refractivity contribution in [3.8, 4) is 5.75 Å². The lowest BCUT2D eigenvalue weighted by Crippen LogP contribution is -2.36. The first-order chi connectivity index (χ1) is 14.3. The van der Waals surface area contributed by atoms with Crippen LogP contribution in [0.1, 0.15) is 43.7 Å². The van der Waals surface area contributed by atoms with Gasteiger partial charge in [-0.05, 0) is 43.5 Å². The van der Waals surface area contributed by atoms with Crippen LogP contribution >= 0.6 is 24.0 Å². The van der Waals surface area contributed by atoms with Gasteiger partial charge >= 0.3 is 0 Å². The monoisotopic (exact) mass is 523 g/mol. The van der Waals surface area contributed by atoms with E-state index in [1.165, 1.54) is 31.2 Å². The Morgan fingerprint density at radius 1 is 1.07 bits per heavy atom. The van der Waals surface area contributed by atoms with Gasteiger partial charge in [-0.15, -0.1) is 24.0 Å². The average Bonchev–Trinajstić information content (AvgIpc) is 3.05. The third-order valence-electron chi connectivity index (χ3n) is 5.14. The molecule has 1 aliphatic rings. The van der Waals surface area contributed by atoms with Gasteiger partial charge in [-0.2, -0.15) is 0 Å². The molecule has 30 heavy (non-hydrogen) atoms. The van der Waals surface area contributed by atoms with Gasteiger partial charge in [0.05, 0.1) is 6.61 Å². The summed E-state index contributed by atoms with van der Waals surface area (Å²) in [4.78, 5) is 11.4. The largest absolute Gasteiger partial charge is 0.494 e. The molecule has 2 aromatic rings. The molecule has 1 saturated heterocycles. The van der Waals surface area contributed by atoms with Crippen LogP contribution in [0.3, 0.4) is 0 Å². The Kier molecular flexibility index (Phi) is 10.8. The number of pyridine rings is 1. The highest BCUT2D eigenvalue weighted by molar-refractivity contribution is 14.0. The minimum Gasteiger partial charge on any atom is -0.494 e. The number of para-hydroxylation sites is 1. The van der Waals surface area contributed by atoms with E-state index in [0.717, 1.165) is 36.2 Å². The summed E-state index contributed by atoms with van der Waals surface area (Å²) in [6.45, 7) is 6.23. The van der Waals surface area contributed by atoms with Crippen LogP contribution in [-0.2, 0) is 13.1 Å². The highest BCUT2D eigenvalue weighted by Gasteiger charge is 2.11. The summed E-state index contributed by atoms with van der Waals surface area (Å²) in [5.41, 5.74) is 2.32. The normalized spacial score (nSPS) is 14.5. The van der Waals surface area contributed by atoms with Crippen LogP contribution in [0.5, 0.6) is 5.75 Å². The maximum absolute atomic E-state index is 5.70. The number of nitrogens with zero attached hydrogens (tertiary/aromatic N) is 3. The van der Waals surface area contributed by atoms with Crippen molar-refractivity contribution in [3.05, 3.63) is 53.7 Å². The van der Waals surface area contributed by atoms with E-state index in [1.807, 2.05) is 31.3 Å². The number of ether oxygens (including phenoxy) is 1. The van der Waals surface area contributed by atoms with Crippen molar-refractivity contribution in [2.45, 2.75) is 45.7 Å². The second-order valence-corrected chi connectivity index (χ2v) is 7.24. The maximum atomic E-state index is 5.70. The van der Waals surface area contributed by atoms with Gasteiger partial charge in [-0.25, -0.2) is 4.98 Å².